The number of piperazine rings is 1. The summed E-state index contributed by atoms with van der Waals surface area (Å²) in [5.74, 6) is 0.642. The van der Waals surface area contributed by atoms with Crippen molar-refractivity contribution in [2.75, 3.05) is 39.4 Å². The van der Waals surface area contributed by atoms with Crippen LogP contribution < -0.4 is 10.1 Å². The number of nitrogens with zero attached hydrogens (tertiary/aromatic N) is 2. The van der Waals surface area contributed by atoms with E-state index < -0.39 is 10.0 Å². The average Bonchev–Trinajstić information content (AvgIpc) is 3.24. The molecule has 0 saturated carbocycles. The van der Waals surface area contributed by atoms with Crippen molar-refractivity contribution in [1.82, 2.24) is 14.5 Å². The molecule has 156 valence electrons. The van der Waals surface area contributed by atoms with Gasteiger partial charge in [-0.1, -0.05) is 0 Å². The van der Waals surface area contributed by atoms with Crippen LogP contribution in [-0.2, 0) is 14.8 Å². The molecule has 0 spiro atoms. The fourth-order valence-corrected chi connectivity index (χ4v) is 4.95. The molecule has 2 heterocycles. The van der Waals surface area contributed by atoms with Gasteiger partial charge in [-0.25, -0.2) is 13.2 Å². The number of carbonyl (C=O) groups excluding carboxylic acids is 1. The van der Waals surface area contributed by atoms with Gasteiger partial charge in [0, 0.05) is 32.8 Å². The zero-order valence-electron chi connectivity index (χ0n) is 16.5. The Kier molecular flexibility index (Phi) is 6.79. The third-order valence-electron chi connectivity index (χ3n) is 5.17. The average molecular weight is 412 g/mol. The molecule has 3 rings (SSSR count). The fourth-order valence-electron chi connectivity index (χ4n) is 3.53. The van der Waals surface area contributed by atoms with Crippen LogP contribution in [0.3, 0.4) is 0 Å². The Morgan fingerprint density at radius 2 is 1.93 bits per heavy atom. The van der Waals surface area contributed by atoms with Crippen molar-refractivity contribution >= 4 is 16.1 Å². The summed E-state index contributed by atoms with van der Waals surface area (Å²) in [6.07, 6.45) is 2.04. The first-order chi connectivity index (χ1) is 13.4. The van der Waals surface area contributed by atoms with Gasteiger partial charge in [0.1, 0.15) is 5.75 Å². The summed E-state index contributed by atoms with van der Waals surface area (Å²) < 4.78 is 38.1. The van der Waals surface area contributed by atoms with E-state index in [0.29, 0.717) is 25.4 Å². The monoisotopic (exact) mass is 411 g/mol. The van der Waals surface area contributed by atoms with Gasteiger partial charge >= 0.3 is 6.03 Å². The predicted molar refractivity (Wildman–Crippen MR) is 105 cm³/mol. The summed E-state index contributed by atoms with van der Waals surface area (Å²) in [4.78, 5) is 14.4. The van der Waals surface area contributed by atoms with Gasteiger partial charge in [0.25, 0.3) is 0 Å². The molecular formula is C19H29N3O5S. The van der Waals surface area contributed by atoms with Gasteiger partial charge in [0.15, 0.2) is 0 Å². The zero-order valence-corrected chi connectivity index (χ0v) is 17.3. The molecular weight excluding hydrogens is 382 g/mol. The number of ether oxygens (including phenoxy) is 2. The highest BCUT2D eigenvalue weighted by Gasteiger charge is 2.31. The summed E-state index contributed by atoms with van der Waals surface area (Å²) in [6.45, 7) is 6.37. The van der Waals surface area contributed by atoms with E-state index in [-0.39, 0.29) is 36.2 Å². The van der Waals surface area contributed by atoms with Gasteiger partial charge in [0.05, 0.1) is 23.6 Å². The smallest absolute Gasteiger partial charge is 0.317 e. The Balaban J connectivity index is 1.54. The Labute approximate surface area is 166 Å². The topological polar surface area (TPSA) is 88.2 Å². The van der Waals surface area contributed by atoms with E-state index in [9.17, 15) is 13.2 Å². The first-order valence-corrected chi connectivity index (χ1v) is 11.3. The van der Waals surface area contributed by atoms with E-state index in [0.717, 1.165) is 19.4 Å². The summed E-state index contributed by atoms with van der Waals surface area (Å²) in [5.41, 5.74) is 0. The summed E-state index contributed by atoms with van der Waals surface area (Å²) in [6, 6.07) is 6.21. The summed E-state index contributed by atoms with van der Waals surface area (Å²) in [5, 5.41) is 2.98. The Bertz CT molecular complexity index is 754. The highest BCUT2D eigenvalue weighted by Crippen LogP contribution is 2.21. The van der Waals surface area contributed by atoms with Gasteiger partial charge < -0.3 is 19.7 Å². The number of rotatable bonds is 6. The molecule has 2 aliphatic heterocycles. The van der Waals surface area contributed by atoms with Crippen LogP contribution in [0.15, 0.2) is 29.2 Å². The number of sulfonamides is 1. The van der Waals surface area contributed by atoms with Gasteiger partial charge in [-0.05, 0) is 51.0 Å². The molecule has 28 heavy (non-hydrogen) atoms. The molecule has 1 aromatic rings. The number of carbonyl (C=O) groups is 1. The maximum Gasteiger partial charge on any atom is 0.317 e. The van der Waals surface area contributed by atoms with Crippen LogP contribution in [0.2, 0.25) is 0 Å². The van der Waals surface area contributed by atoms with Gasteiger partial charge in [-0.3, -0.25) is 0 Å². The second-order valence-corrected chi connectivity index (χ2v) is 9.02. The van der Waals surface area contributed by atoms with E-state index in [1.54, 1.807) is 29.2 Å². The molecule has 0 aromatic heterocycles. The minimum absolute atomic E-state index is 0.0550. The fraction of sp³-hybridized carbons (Fsp3) is 0.632. The van der Waals surface area contributed by atoms with Gasteiger partial charge in [-0.15, -0.1) is 0 Å². The highest BCUT2D eigenvalue weighted by molar-refractivity contribution is 7.89. The van der Waals surface area contributed by atoms with Gasteiger partial charge in [-0.2, -0.15) is 4.31 Å². The van der Waals surface area contributed by atoms with E-state index >= 15 is 0 Å². The van der Waals surface area contributed by atoms with Crippen LogP contribution in [0.1, 0.15) is 26.7 Å². The molecule has 2 atom stereocenters. The van der Waals surface area contributed by atoms with Crippen molar-refractivity contribution in [2.45, 2.75) is 43.7 Å². The number of hydrogen-bond acceptors (Lipinski definition) is 5. The molecule has 1 N–H and O–H groups in total. The van der Waals surface area contributed by atoms with Crippen molar-refractivity contribution in [3.8, 4) is 5.75 Å². The molecule has 0 aliphatic carbocycles. The lowest BCUT2D eigenvalue weighted by atomic mass is 10.1. The van der Waals surface area contributed by atoms with Crippen LogP contribution in [0.4, 0.5) is 4.79 Å². The second-order valence-electron chi connectivity index (χ2n) is 7.09. The number of nitrogens with one attached hydrogen (secondary N) is 1. The van der Waals surface area contributed by atoms with Crippen molar-refractivity contribution in [3.05, 3.63) is 24.3 Å². The third kappa shape index (κ3) is 4.76. The molecule has 0 bridgehead atoms. The maximum absolute atomic E-state index is 12.8. The Morgan fingerprint density at radius 1 is 1.25 bits per heavy atom. The maximum atomic E-state index is 12.8. The van der Waals surface area contributed by atoms with Crippen molar-refractivity contribution < 1.29 is 22.7 Å². The van der Waals surface area contributed by atoms with E-state index in [2.05, 4.69) is 5.32 Å². The largest absolute Gasteiger partial charge is 0.494 e. The molecule has 2 saturated heterocycles. The molecule has 2 amide bonds. The van der Waals surface area contributed by atoms with Gasteiger partial charge in [0.2, 0.25) is 10.0 Å². The van der Waals surface area contributed by atoms with E-state index in [1.807, 2.05) is 13.8 Å². The highest BCUT2D eigenvalue weighted by atomic mass is 32.2. The number of hydrogen-bond donors (Lipinski definition) is 1. The second kappa shape index (κ2) is 9.11. The Morgan fingerprint density at radius 3 is 2.50 bits per heavy atom. The molecule has 9 heteroatoms. The van der Waals surface area contributed by atoms with Crippen LogP contribution in [0, 0.1) is 0 Å². The predicted octanol–water partition coefficient (Wildman–Crippen LogP) is 1.67. The van der Waals surface area contributed by atoms with E-state index in [4.69, 9.17) is 9.47 Å². The van der Waals surface area contributed by atoms with Crippen LogP contribution in [0.25, 0.3) is 0 Å². The summed E-state index contributed by atoms with van der Waals surface area (Å²) in [7, 11) is -3.58. The zero-order chi connectivity index (χ0) is 20.1. The minimum atomic E-state index is -3.58. The van der Waals surface area contributed by atoms with Crippen LogP contribution >= 0.6 is 0 Å². The molecule has 1 aromatic carbocycles. The minimum Gasteiger partial charge on any atom is -0.494 e. The number of urea groups is 1. The van der Waals surface area contributed by atoms with Crippen molar-refractivity contribution in [2.24, 2.45) is 0 Å². The standard InChI is InChI=1S/C19H29N3O5S/c1-3-26-16-6-8-17(9-7-16)28(24,25)22-12-10-21(11-13-22)19(23)20-15(2)18-5-4-14-27-18/h6-9,15,18H,3-5,10-14H2,1-2H3,(H,20,23)/t15-,18-/m0/s1. The quantitative estimate of drug-likeness (QED) is 0.769. The molecule has 8 nitrogen and oxygen atoms in total. The van der Waals surface area contributed by atoms with Crippen molar-refractivity contribution in [3.63, 3.8) is 0 Å². The lowest BCUT2D eigenvalue weighted by Crippen LogP contribution is -2.55. The number of benzene rings is 1. The summed E-state index contributed by atoms with van der Waals surface area (Å²) >= 11 is 0. The number of amides is 2. The van der Waals surface area contributed by atoms with E-state index in [1.165, 1.54) is 4.31 Å². The van der Waals surface area contributed by atoms with Crippen LogP contribution in [-0.4, -0.2) is 75.2 Å². The molecule has 0 unspecified atom stereocenters. The normalized spacial score (nSPS) is 22.1. The lowest BCUT2D eigenvalue weighted by Gasteiger charge is -2.35. The molecule has 2 aliphatic rings. The van der Waals surface area contributed by atoms with Crippen molar-refractivity contribution in [1.29, 1.82) is 0 Å². The third-order valence-corrected chi connectivity index (χ3v) is 7.08. The first kappa shape index (κ1) is 20.9. The molecule has 0 radical (unpaired) electrons. The molecule has 2 fully saturated rings. The first-order valence-electron chi connectivity index (χ1n) is 9.82. The SMILES string of the molecule is CCOc1ccc(S(=O)(=O)N2CCN(C(=O)N[C@@H](C)[C@@H]3CCCO3)CC2)cc1. The Hall–Kier alpha value is -1.84. The van der Waals surface area contributed by atoms with Crippen LogP contribution in [0.5, 0.6) is 5.75 Å². The lowest BCUT2D eigenvalue weighted by molar-refractivity contribution is 0.0821.